The summed E-state index contributed by atoms with van der Waals surface area (Å²) in [5, 5.41) is 12.1. The van der Waals surface area contributed by atoms with Gasteiger partial charge in [0.2, 0.25) is 0 Å². The zero-order valence-electron chi connectivity index (χ0n) is 10.4. The third-order valence-corrected chi connectivity index (χ3v) is 3.27. The molecule has 2 rings (SSSR count). The van der Waals surface area contributed by atoms with Crippen LogP contribution in [0.5, 0.6) is 5.75 Å². The van der Waals surface area contributed by atoms with Crippen molar-refractivity contribution in [3.63, 3.8) is 0 Å². The van der Waals surface area contributed by atoms with Crippen LogP contribution in [0.3, 0.4) is 0 Å². The van der Waals surface area contributed by atoms with Gasteiger partial charge in [0.15, 0.2) is 0 Å². The molecule has 2 N–H and O–H groups in total. The van der Waals surface area contributed by atoms with Crippen molar-refractivity contribution >= 4 is 19.6 Å². The number of hydrogen-bond acceptors (Lipinski definition) is 3. The zero-order chi connectivity index (χ0) is 13.1. The third kappa shape index (κ3) is 2.31. The van der Waals surface area contributed by atoms with E-state index in [1.807, 2.05) is 19.1 Å². The number of hydrogen-bond donors (Lipinski definition) is 2. The number of benzene rings is 1. The standard InChI is InChI=1S/C13H16BNO3/c1-3-8-4-5-9-7-15-11(13(16)17)6-10(9)12(8)18-14-2/h4-5,11,15H,2-3,6-7H2,1H3,(H,16,17)/t11-/m0/s1. The van der Waals surface area contributed by atoms with Crippen LogP contribution >= 0.6 is 0 Å². The summed E-state index contributed by atoms with van der Waals surface area (Å²) < 4.78 is 5.50. The molecule has 0 saturated heterocycles. The second kappa shape index (κ2) is 5.35. The van der Waals surface area contributed by atoms with E-state index in [4.69, 9.17) is 9.76 Å². The van der Waals surface area contributed by atoms with Gasteiger partial charge in [-0.05, 0) is 0 Å². The monoisotopic (exact) mass is 245 g/mol. The summed E-state index contributed by atoms with van der Waals surface area (Å²) in [7, 11) is 1.40. The van der Waals surface area contributed by atoms with Gasteiger partial charge in [-0.15, -0.1) is 0 Å². The molecule has 0 unspecified atom stereocenters. The first-order valence-electron chi connectivity index (χ1n) is 6.04. The topological polar surface area (TPSA) is 58.6 Å². The van der Waals surface area contributed by atoms with Gasteiger partial charge in [-0.3, -0.25) is 0 Å². The average Bonchev–Trinajstić information content (AvgIpc) is 2.38. The van der Waals surface area contributed by atoms with Gasteiger partial charge in [-0.2, -0.15) is 0 Å². The van der Waals surface area contributed by atoms with E-state index in [0.717, 1.165) is 28.9 Å². The van der Waals surface area contributed by atoms with Gasteiger partial charge in [0.05, 0.1) is 0 Å². The SMILES string of the molecule is C=BOc1c(CC)ccc2c1C[C@@H](C(=O)O)NC2. The molecule has 0 spiro atoms. The summed E-state index contributed by atoms with van der Waals surface area (Å²) in [4.78, 5) is 11.1. The Balaban J connectivity index is 2.44. The molecule has 1 atom stereocenters. The van der Waals surface area contributed by atoms with Gasteiger partial charge >= 0.3 is 106 Å². The van der Waals surface area contributed by atoms with Gasteiger partial charge in [0.1, 0.15) is 0 Å². The third-order valence-electron chi connectivity index (χ3n) is 3.27. The van der Waals surface area contributed by atoms with E-state index >= 15 is 0 Å². The zero-order valence-corrected chi connectivity index (χ0v) is 10.4. The second-order valence-electron chi connectivity index (χ2n) is 4.31. The molecule has 0 amide bonds. The Kier molecular flexibility index (Phi) is 3.82. The Bertz CT molecular complexity index is 487. The van der Waals surface area contributed by atoms with Crippen LogP contribution in [0.4, 0.5) is 0 Å². The predicted octanol–water partition coefficient (Wildman–Crippen LogP) is 0.778. The molecule has 1 aromatic rings. The quantitative estimate of drug-likeness (QED) is 0.769. The Labute approximate surface area is 107 Å². The van der Waals surface area contributed by atoms with Crippen LogP contribution in [0.2, 0.25) is 0 Å². The number of aliphatic carboxylic acids is 1. The van der Waals surface area contributed by atoms with Crippen molar-refractivity contribution in [1.29, 1.82) is 0 Å². The summed E-state index contributed by atoms with van der Waals surface area (Å²) in [6, 6.07) is 3.52. The van der Waals surface area contributed by atoms with E-state index in [1.54, 1.807) is 0 Å². The first-order chi connectivity index (χ1) is 8.67. The Hall–Kier alpha value is -1.62. The van der Waals surface area contributed by atoms with Crippen LogP contribution < -0.4 is 9.97 Å². The molecular formula is C13H16BNO3. The number of aryl methyl sites for hydroxylation is 1. The van der Waals surface area contributed by atoms with Crippen molar-refractivity contribution < 1.29 is 14.6 Å². The number of carbonyl (C=O) groups is 1. The van der Waals surface area contributed by atoms with Crippen LogP contribution in [0.1, 0.15) is 23.6 Å². The number of carboxylic acids is 1. The van der Waals surface area contributed by atoms with Crippen LogP contribution in [0, 0.1) is 0 Å². The van der Waals surface area contributed by atoms with E-state index in [9.17, 15) is 4.79 Å². The number of carboxylic acid groups (broad SMARTS) is 1. The van der Waals surface area contributed by atoms with Crippen molar-refractivity contribution in [2.24, 2.45) is 0 Å². The molecule has 0 radical (unpaired) electrons. The summed E-state index contributed by atoms with van der Waals surface area (Å²) in [5.41, 5.74) is 3.17. The molecule has 4 nitrogen and oxygen atoms in total. The van der Waals surface area contributed by atoms with Crippen LogP contribution in [0.25, 0.3) is 0 Å². The summed E-state index contributed by atoms with van der Waals surface area (Å²) >= 11 is 0. The molecule has 1 aliphatic heterocycles. The van der Waals surface area contributed by atoms with Crippen molar-refractivity contribution in [1.82, 2.24) is 5.32 Å². The summed E-state index contributed by atoms with van der Waals surface area (Å²) in [6.07, 6.45) is 1.29. The Morgan fingerprint density at radius 2 is 2.44 bits per heavy atom. The maximum atomic E-state index is 11.1. The van der Waals surface area contributed by atoms with Gasteiger partial charge in [-0.25, -0.2) is 0 Å². The van der Waals surface area contributed by atoms with E-state index in [0.29, 0.717) is 13.0 Å². The minimum atomic E-state index is -0.827. The maximum absolute atomic E-state index is 11.1. The molecule has 1 aliphatic rings. The molecule has 0 aromatic heterocycles. The first-order valence-corrected chi connectivity index (χ1v) is 6.04. The van der Waals surface area contributed by atoms with E-state index in [1.165, 1.54) is 7.12 Å². The van der Waals surface area contributed by atoms with Gasteiger partial charge < -0.3 is 0 Å². The fourth-order valence-corrected chi connectivity index (χ4v) is 2.30. The molecule has 1 aromatic carbocycles. The van der Waals surface area contributed by atoms with E-state index < -0.39 is 12.0 Å². The second-order valence-corrected chi connectivity index (χ2v) is 4.31. The van der Waals surface area contributed by atoms with E-state index in [2.05, 4.69) is 11.8 Å². The molecule has 0 fully saturated rings. The molecule has 0 bridgehead atoms. The molecule has 0 aliphatic carbocycles. The normalized spacial score (nSPS) is 17.7. The number of rotatable bonds is 4. The number of nitrogens with one attached hydrogen (secondary N) is 1. The Morgan fingerprint density at radius 3 is 3.06 bits per heavy atom. The van der Waals surface area contributed by atoms with Crippen LogP contribution in [-0.4, -0.2) is 30.7 Å². The number of fused-ring (bicyclic) bond motifs is 1. The molecule has 1 heterocycles. The van der Waals surface area contributed by atoms with Gasteiger partial charge in [0, 0.05) is 0 Å². The molecule has 18 heavy (non-hydrogen) atoms. The minimum absolute atomic E-state index is 0.446. The summed E-state index contributed by atoms with van der Waals surface area (Å²) in [6.45, 7) is 6.19. The van der Waals surface area contributed by atoms with Crippen LogP contribution in [0.15, 0.2) is 12.1 Å². The molecule has 94 valence electrons. The van der Waals surface area contributed by atoms with Crippen molar-refractivity contribution in [3.05, 3.63) is 28.8 Å². The first kappa shape index (κ1) is 12.8. The molecular weight excluding hydrogens is 229 g/mol. The fourth-order valence-electron chi connectivity index (χ4n) is 2.30. The molecule has 5 heteroatoms. The van der Waals surface area contributed by atoms with Crippen molar-refractivity contribution in [2.75, 3.05) is 0 Å². The average molecular weight is 245 g/mol. The van der Waals surface area contributed by atoms with Gasteiger partial charge in [0.25, 0.3) is 0 Å². The Morgan fingerprint density at radius 1 is 1.67 bits per heavy atom. The van der Waals surface area contributed by atoms with Crippen molar-refractivity contribution in [3.8, 4) is 5.75 Å². The molecule has 0 saturated carbocycles. The fraction of sp³-hybridized carbons (Fsp3) is 0.385. The van der Waals surface area contributed by atoms with E-state index in [-0.39, 0.29) is 0 Å². The summed E-state index contributed by atoms with van der Waals surface area (Å²) in [5.74, 6) is -0.0511. The predicted molar refractivity (Wildman–Crippen MR) is 71.3 cm³/mol. The van der Waals surface area contributed by atoms with Crippen LogP contribution in [-0.2, 0) is 24.2 Å². The van der Waals surface area contributed by atoms with Gasteiger partial charge in [-0.1, -0.05) is 0 Å². The van der Waals surface area contributed by atoms with Crippen molar-refractivity contribution in [2.45, 2.75) is 32.4 Å².